The first kappa shape index (κ1) is 30.0. The van der Waals surface area contributed by atoms with Crippen LogP contribution in [0.5, 0.6) is 5.88 Å². The third-order valence-electron chi connectivity index (χ3n) is 8.59. The first-order valence-corrected chi connectivity index (χ1v) is 16.5. The quantitative estimate of drug-likeness (QED) is 0.390. The Balaban J connectivity index is 1.28. The van der Waals surface area contributed by atoms with Gasteiger partial charge in [0.05, 0.1) is 17.2 Å². The number of fused-ring (bicyclic) bond motifs is 1. The molecule has 0 aliphatic carbocycles. The Kier molecular flexibility index (Phi) is 8.57. The highest BCUT2D eigenvalue weighted by molar-refractivity contribution is 7.93. The molecule has 6 rings (SSSR count). The fourth-order valence-electron chi connectivity index (χ4n) is 6.20. The fourth-order valence-corrected chi connectivity index (χ4v) is 7.67. The lowest BCUT2D eigenvalue weighted by Crippen LogP contribution is -2.54. The highest BCUT2D eigenvalue weighted by Crippen LogP contribution is 2.44. The number of nitrogens with zero attached hydrogens (tertiary/aromatic N) is 5. The standard InChI is InChI=1S/C32H37N5O6S/c1-3-42-30-26(10-7-15-33-30)23-11-12-28-27(22-23)29(31(38)37(28)44(40,41)25-8-5-4-6-9-25)43-32(39)36-20-18-35(19-21-36)24-13-16-34(2)17-14-24/h4-12,15,22,24,29H,3,13-14,16-21H2,1-2H3. The number of pyridine rings is 1. The van der Waals surface area contributed by atoms with Gasteiger partial charge in [-0.3, -0.25) is 9.69 Å². The van der Waals surface area contributed by atoms with E-state index in [1.54, 1.807) is 53.6 Å². The van der Waals surface area contributed by atoms with Gasteiger partial charge in [-0.2, -0.15) is 4.31 Å². The van der Waals surface area contributed by atoms with E-state index in [2.05, 4.69) is 21.8 Å². The molecular weight excluding hydrogens is 582 g/mol. The molecule has 0 saturated carbocycles. The second-order valence-electron chi connectivity index (χ2n) is 11.3. The van der Waals surface area contributed by atoms with Crippen LogP contribution in [0.2, 0.25) is 0 Å². The molecule has 1 unspecified atom stereocenters. The predicted octanol–water partition coefficient (Wildman–Crippen LogP) is 3.77. The van der Waals surface area contributed by atoms with E-state index in [4.69, 9.17) is 9.47 Å². The summed E-state index contributed by atoms with van der Waals surface area (Å²) in [4.78, 5) is 38.0. The van der Waals surface area contributed by atoms with Crippen LogP contribution in [0.15, 0.2) is 71.8 Å². The van der Waals surface area contributed by atoms with Crippen molar-refractivity contribution >= 4 is 27.7 Å². The maximum Gasteiger partial charge on any atom is 0.410 e. The van der Waals surface area contributed by atoms with E-state index in [0.29, 0.717) is 42.7 Å². The molecule has 3 aliphatic rings. The number of piperidine rings is 1. The van der Waals surface area contributed by atoms with Crippen molar-refractivity contribution in [3.63, 3.8) is 0 Å². The summed E-state index contributed by atoms with van der Waals surface area (Å²) >= 11 is 0. The minimum Gasteiger partial charge on any atom is -0.478 e. The largest absolute Gasteiger partial charge is 0.478 e. The monoisotopic (exact) mass is 619 g/mol. The molecule has 3 aromatic rings. The van der Waals surface area contributed by atoms with Crippen molar-refractivity contribution < 1.29 is 27.5 Å². The molecule has 12 heteroatoms. The molecule has 2 saturated heterocycles. The number of ether oxygens (including phenoxy) is 2. The van der Waals surface area contributed by atoms with E-state index in [-0.39, 0.29) is 16.1 Å². The van der Waals surface area contributed by atoms with Gasteiger partial charge >= 0.3 is 6.09 Å². The molecule has 44 heavy (non-hydrogen) atoms. The summed E-state index contributed by atoms with van der Waals surface area (Å²) in [6.45, 7) is 6.77. The topological polar surface area (TPSA) is 113 Å². The van der Waals surface area contributed by atoms with Gasteiger partial charge in [-0.15, -0.1) is 0 Å². The second kappa shape index (κ2) is 12.5. The Bertz CT molecular complexity index is 1620. The average molecular weight is 620 g/mol. The van der Waals surface area contributed by atoms with E-state index in [1.807, 2.05) is 13.0 Å². The normalized spacial score (nSPS) is 20.0. The summed E-state index contributed by atoms with van der Waals surface area (Å²) in [5.74, 6) is -0.431. The highest BCUT2D eigenvalue weighted by Gasteiger charge is 2.47. The van der Waals surface area contributed by atoms with Gasteiger partial charge in [-0.1, -0.05) is 24.3 Å². The van der Waals surface area contributed by atoms with Crippen LogP contribution < -0.4 is 9.04 Å². The Morgan fingerprint density at radius 3 is 2.39 bits per heavy atom. The molecule has 0 N–H and O–H groups in total. The molecule has 4 heterocycles. The summed E-state index contributed by atoms with van der Waals surface area (Å²) < 4.78 is 39.9. The number of benzene rings is 2. The van der Waals surface area contributed by atoms with Crippen molar-refractivity contribution in [1.82, 2.24) is 19.7 Å². The van der Waals surface area contributed by atoms with Crippen molar-refractivity contribution in [2.45, 2.75) is 36.8 Å². The van der Waals surface area contributed by atoms with Gasteiger partial charge in [0.15, 0.2) is 0 Å². The molecule has 1 aromatic heterocycles. The molecule has 2 fully saturated rings. The second-order valence-corrected chi connectivity index (χ2v) is 13.1. The molecule has 0 bridgehead atoms. The van der Waals surface area contributed by atoms with Gasteiger partial charge in [-0.25, -0.2) is 18.2 Å². The summed E-state index contributed by atoms with van der Waals surface area (Å²) in [7, 11) is -2.15. The van der Waals surface area contributed by atoms with Crippen LogP contribution in [0.4, 0.5) is 10.5 Å². The van der Waals surface area contributed by atoms with E-state index in [9.17, 15) is 18.0 Å². The average Bonchev–Trinajstić information content (AvgIpc) is 3.33. The van der Waals surface area contributed by atoms with Crippen molar-refractivity contribution in [3.05, 3.63) is 72.4 Å². The third kappa shape index (κ3) is 5.76. The van der Waals surface area contributed by atoms with Gasteiger partial charge in [-0.05, 0) is 81.9 Å². The van der Waals surface area contributed by atoms with Crippen molar-refractivity contribution in [1.29, 1.82) is 0 Å². The lowest BCUT2D eigenvalue weighted by molar-refractivity contribution is -0.125. The van der Waals surface area contributed by atoms with Crippen LogP contribution in [0, 0.1) is 0 Å². The summed E-state index contributed by atoms with van der Waals surface area (Å²) in [5, 5.41) is 0. The number of likely N-dealkylation sites (tertiary alicyclic amines) is 1. The molecule has 0 radical (unpaired) electrons. The van der Waals surface area contributed by atoms with Crippen LogP contribution in [-0.4, -0.2) is 99.1 Å². The van der Waals surface area contributed by atoms with Gasteiger partial charge in [0.25, 0.3) is 15.9 Å². The van der Waals surface area contributed by atoms with E-state index >= 15 is 0 Å². The first-order chi connectivity index (χ1) is 21.3. The third-order valence-corrected chi connectivity index (χ3v) is 10.3. The maximum absolute atomic E-state index is 13.9. The predicted molar refractivity (Wildman–Crippen MR) is 165 cm³/mol. The van der Waals surface area contributed by atoms with Crippen molar-refractivity contribution in [2.75, 3.05) is 57.2 Å². The molecule has 2 amide bonds. The number of hydrogen-bond donors (Lipinski definition) is 0. The minimum atomic E-state index is -4.28. The molecule has 0 spiro atoms. The summed E-state index contributed by atoms with van der Waals surface area (Å²) in [6.07, 6.45) is 1.75. The number of aromatic nitrogens is 1. The van der Waals surface area contributed by atoms with Crippen LogP contribution in [0.1, 0.15) is 31.4 Å². The number of carbonyl (C=O) groups is 2. The molecule has 2 aromatic carbocycles. The Morgan fingerprint density at radius 2 is 1.68 bits per heavy atom. The maximum atomic E-state index is 13.9. The lowest BCUT2D eigenvalue weighted by Gasteiger charge is -2.41. The number of amides is 2. The number of carbonyl (C=O) groups excluding carboxylic acids is 2. The number of sulfonamides is 1. The molecule has 232 valence electrons. The summed E-state index contributed by atoms with van der Waals surface area (Å²) in [5.41, 5.74) is 1.76. The SMILES string of the molecule is CCOc1ncccc1-c1ccc2c(c1)C(OC(=O)N1CCN(C3CCN(C)CC3)CC1)C(=O)N2S(=O)(=O)c1ccccc1. The van der Waals surface area contributed by atoms with Gasteiger partial charge < -0.3 is 19.3 Å². The van der Waals surface area contributed by atoms with Crippen molar-refractivity contribution in [2.24, 2.45) is 0 Å². The Morgan fingerprint density at radius 1 is 0.955 bits per heavy atom. The number of hydrogen-bond acceptors (Lipinski definition) is 9. The molecule has 1 atom stereocenters. The zero-order valence-corrected chi connectivity index (χ0v) is 25.8. The molecule has 11 nitrogen and oxygen atoms in total. The van der Waals surface area contributed by atoms with Crippen LogP contribution >= 0.6 is 0 Å². The molecule has 3 aliphatic heterocycles. The minimum absolute atomic E-state index is 0.0359. The fraction of sp³-hybridized carbons (Fsp3) is 0.406. The Hall–Kier alpha value is -4.00. The van der Waals surface area contributed by atoms with E-state index < -0.39 is 28.1 Å². The van der Waals surface area contributed by atoms with Gasteiger partial charge in [0, 0.05) is 49.5 Å². The van der Waals surface area contributed by atoms with E-state index in [1.165, 1.54) is 12.1 Å². The van der Waals surface area contributed by atoms with Crippen LogP contribution in [-0.2, 0) is 19.6 Å². The zero-order chi connectivity index (χ0) is 30.8. The number of piperazine rings is 1. The lowest BCUT2D eigenvalue weighted by atomic mass is 10.0. The van der Waals surface area contributed by atoms with E-state index in [0.717, 1.165) is 43.3 Å². The highest BCUT2D eigenvalue weighted by atomic mass is 32.2. The molecular formula is C32H37N5O6S. The number of anilines is 1. The van der Waals surface area contributed by atoms with Gasteiger partial charge in [0.1, 0.15) is 0 Å². The zero-order valence-electron chi connectivity index (χ0n) is 25.0. The van der Waals surface area contributed by atoms with Gasteiger partial charge in [0.2, 0.25) is 12.0 Å². The summed E-state index contributed by atoms with van der Waals surface area (Å²) in [6, 6.07) is 16.8. The number of rotatable bonds is 7. The Labute approximate surface area is 258 Å². The van der Waals surface area contributed by atoms with Crippen LogP contribution in [0.25, 0.3) is 11.1 Å². The first-order valence-electron chi connectivity index (χ1n) is 15.0. The van der Waals surface area contributed by atoms with Crippen molar-refractivity contribution in [3.8, 4) is 17.0 Å². The van der Waals surface area contributed by atoms with Crippen LogP contribution in [0.3, 0.4) is 0 Å². The smallest absolute Gasteiger partial charge is 0.410 e.